The van der Waals surface area contributed by atoms with Gasteiger partial charge in [0.05, 0.1) is 5.69 Å². The minimum atomic E-state index is -0.367. The normalized spacial score (nSPS) is 10.6. The molecule has 4 rings (SSSR count). The van der Waals surface area contributed by atoms with Gasteiger partial charge in [-0.25, -0.2) is 9.97 Å². The van der Waals surface area contributed by atoms with E-state index in [1.54, 1.807) is 23.7 Å². The van der Waals surface area contributed by atoms with Gasteiger partial charge in [0.25, 0.3) is 5.91 Å². The maximum absolute atomic E-state index is 12.9. The van der Waals surface area contributed by atoms with Gasteiger partial charge >= 0.3 is 5.97 Å². The van der Waals surface area contributed by atoms with Gasteiger partial charge in [-0.05, 0) is 17.7 Å². The number of imidazole rings is 1. The number of H-pyrrole nitrogens is 1. The average Bonchev–Trinajstić information content (AvgIpc) is 3.43. The zero-order valence-corrected chi connectivity index (χ0v) is 18.0. The molecule has 2 N–H and O–H groups in total. The summed E-state index contributed by atoms with van der Waals surface area (Å²) < 4.78 is 5.01. The lowest BCUT2D eigenvalue weighted by Crippen LogP contribution is -2.13. The number of nitrogens with zero attached hydrogens (tertiary/aromatic N) is 2. The number of anilines is 1. The molecular formula is C22H17ClN4O3S. The van der Waals surface area contributed by atoms with E-state index in [0.29, 0.717) is 21.7 Å². The van der Waals surface area contributed by atoms with Gasteiger partial charge in [0, 0.05) is 34.7 Å². The van der Waals surface area contributed by atoms with Crippen molar-refractivity contribution in [2.75, 3.05) is 5.32 Å². The molecule has 31 heavy (non-hydrogen) atoms. The Bertz CT molecular complexity index is 1200. The van der Waals surface area contributed by atoms with Crippen molar-refractivity contribution in [1.29, 1.82) is 0 Å². The van der Waals surface area contributed by atoms with E-state index in [-0.39, 0.29) is 24.2 Å². The van der Waals surface area contributed by atoms with Crippen LogP contribution in [0.25, 0.3) is 22.6 Å². The SMILES string of the molecule is CC(=O)OCc1ccc(-c2nc(C(=O)Nc3nccs3)c(-c3ccc(Cl)cc3)[nH]2)cc1. The average molecular weight is 453 g/mol. The van der Waals surface area contributed by atoms with Gasteiger partial charge in [0.2, 0.25) is 0 Å². The summed E-state index contributed by atoms with van der Waals surface area (Å²) in [6.07, 6.45) is 1.62. The molecule has 0 atom stereocenters. The standard InChI is InChI=1S/C22H17ClN4O3S/c1-13(28)30-12-14-2-4-16(5-3-14)20-25-18(15-6-8-17(23)9-7-15)19(26-20)21(29)27-22-24-10-11-31-22/h2-11H,12H2,1H3,(H,25,26)(H,24,27,29). The molecule has 0 saturated heterocycles. The first-order valence-electron chi connectivity index (χ1n) is 9.29. The number of nitrogens with one attached hydrogen (secondary N) is 2. The number of aromatic amines is 1. The van der Waals surface area contributed by atoms with E-state index in [0.717, 1.165) is 16.7 Å². The van der Waals surface area contributed by atoms with E-state index >= 15 is 0 Å². The Labute approximate surface area is 187 Å². The number of benzene rings is 2. The molecule has 0 saturated carbocycles. The van der Waals surface area contributed by atoms with Gasteiger partial charge < -0.3 is 9.72 Å². The molecule has 4 aromatic rings. The Morgan fingerprint density at radius 3 is 2.45 bits per heavy atom. The van der Waals surface area contributed by atoms with Crippen LogP contribution in [0.2, 0.25) is 5.02 Å². The van der Waals surface area contributed by atoms with Crippen LogP contribution in [-0.2, 0) is 16.1 Å². The zero-order chi connectivity index (χ0) is 21.8. The summed E-state index contributed by atoms with van der Waals surface area (Å²) in [5, 5.41) is 5.64. The molecule has 156 valence electrons. The third kappa shape index (κ3) is 4.99. The summed E-state index contributed by atoms with van der Waals surface area (Å²) in [5.74, 6) is -0.166. The molecule has 2 aromatic carbocycles. The van der Waals surface area contributed by atoms with Gasteiger partial charge in [-0.2, -0.15) is 0 Å². The smallest absolute Gasteiger partial charge is 0.302 e. The first-order valence-corrected chi connectivity index (χ1v) is 10.5. The Morgan fingerprint density at radius 1 is 1.10 bits per heavy atom. The number of halogens is 1. The van der Waals surface area contributed by atoms with Crippen LogP contribution in [0, 0.1) is 0 Å². The van der Waals surface area contributed by atoms with Gasteiger partial charge in [-0.3, -0.25) is 14.9 Å². The summed E-state index contributed by atoms with van der Waals surface area (Å²) in [6.45, 7) is 1.57. The van der Waals surface area contributed by atoms with E-state index in [4.69, 9.17) is 16.3 Å². The second-order valence-corrected chi connectivity index (χ2v) is 7.92. The van der Waals surface area contributed by atoms with Crippen molar-refractivity contribution in [3.8, 4) is 22.6 Å². The molecule has 0 bridgehead atoms. The molecule has 2 heterocycles. The lowest BCUT2D eigenvalue weighted by Gasteiger charge is -2.03. The van der Waals surface area contributed by atoms with Crippen LogP contribution >= 0.6 is 22.9 Å². The topological polar surface area (TPSA) is 97.0 Å². The molecule has 0 aliphatic rings. The summed E-state index contributed by atoms with van der Waals surface area (Å²) in [7, 11) is 0. The first-order chi connectivity index (χ1) is 15.0. The highest BCUT2D eigenvalue weighted by Crippen LogP contribution is 2.28. The van der Waals surface area contributed by atoms with Crippen LogP contribution in [0.15, 0.2) is 60.1 Å². The fourth-order valence-corrected chi connectivity index (χ4v) is 3.53. The third-order valence-corrected chi connectivity index (χ3v) is 5.31. The van der Waals surface area contributed by atoms with E-state index in [2.05, 4.69) is 20.3 Å². The number of thiazole rings is 1. The van der Waals surface area contributed by atoms with Crippen molar-refractivity contribution in [1.82, 2.24) is 15.0 Å². The fraction of sp³-hybridized carbons (Fsp3) is 0.0909. The van der Waals surface area contributed by atoms with Crippen LogP contribution in [0.1, 0.15) is 23.0 Å². The van der Waals surface area contributed by atoms with Crippen LogP contribution in [0.3, 0.4) is 0 Å². The highest BCUT2D eigenvalue weighted by molar-refractivity contribution is 7.13. The lowest BCUT2D eigenvalue weighted by molar-refractivity contribution is -0.142. The van der Waals surface area contributed by atoms with Crippen LogP contribution in [-0.4, -0.2) is 26.8 Å². The number of aromatic nitrogens is 3. The predicted octanol–water partition coefficient (Wildman–Crippen LogP) is 5.17. The molecule has 0 unspecified atom stereocenters. The number of hydrogen-bond donors (Lipinski definition) is 2. The van der Waals surface area contributed by atoms with Crippen molar-refractivity contribution in [3.05, 3.63) is 76.4 Å². The third-order valence-electron chi connectivity index (χ3n) is 4.37. The molecule has 2 aromatic heterocycles. The van der Waals surface area contributed by atoms with E-state index in [1.165, 1.54) is 18.3 Å². The molecule has 0 spiro atoms. The van der Waals surface area contributed by atoms with E-state index in [1.807, 2.05) is 36.4 Å². The number of hydrogen-bond acceptors (Lipinski definition) is 6. The molecular weight excluding hydrogens is 436 g/mol. The monoisotopic (exact) mass is 452 g/mol. The van der Waals surface area contributed by atoms with Crippen LogP contribution < -0.4 is 5.32 Å². The van der Waals surface area contributed by atoms with E-state index in [9.17, 15) is 9.59 Å². The van der Waals surface area contributed by atoms with Crippen molar-refractivity contribution < 1.29 is 14.3 Å². The molecule has 1 amide bonds. The number of esters is 1. The maximum atomic E-state index is 12.9. The number of rotatable bonds is 6. The molecule has 7 nitrogen and oxygen atoms in total. The largest absolute Gasteiger partial charge is 0.461 e. The van der Waals surface area contributed by atoms with Crippen molar-refractivity contribution in [3.63, 3.8) is 0 Å². The lowest BCUT2D eigenvalue weighted by atomic mass is 10.1. The Morgan fingerprint density at radius 2 is 1.81 bits per heavy atom. The van der Waals surface area contributed by atoms with Gasteiger partial charge in [0.1, 0.15) is 12.4 Å². The van der Waals surface area contributed by atoms with Crippen LogP contribution in [0.5, 0.6) is 0 Å². The van der Waals surface area contributed by atoms with Gasteiger partial charge in [0.15, 0.2) is 10.8 Å². The van der Waals surface area contributed by atoms with E-state index < -0.39 is 0 Å². The minimum absolute atomic E-state index is 0.200. The number of carbonyl (C=O) groups is 2. The molecule has 9 heteroatoms. The quantitative estimate of drug-likeness (QED) is 0.393. The summed E-state index contributed by atoms with van der Waals surface area (Å²) >= 11 is 7.34. The highest BCUT2D eigenvalue weighted by atomic mass is 35.5. The highest BCUT2D eigenvalue weighted by Gasteiger charge is 2.20. The number of ether oxygens (including phenoxy) is 1. The van der Waals surface area contributed by atoms with Crippen molar-refractivity contribution in [2.45, 2.75) is 13.5 Å². The predicted molar refractivity (Wildman–Crippen MR) is 120 cm³/mol. The second kappa shape index (κ2) is 9.11. The Kier molecular flexibility index (Phi) is 6.11. The maximum Gasteiger partial charge on any atom is 0.302 e. The zero-order valence-electron chi connectivity index (χ0n) is 16.4. The van der Waals surface area contributed by atoms with Gasteiger partial charge in [-0.1, -0.05) is 48.0 Å². The summed E-state index contributed by atoms with van der Waals surface area (Å²) in [5.41, 5.74) is 3.24. The minimum Gasteiger partial charge on any atom is -0.461 e. The molecule has 0 fully saturated rings. The second-order valence-electron chi connectivity index (χ2n) is 6.58. The van der Waals surface area contributed by atoms with Gasteiger partial charge in [-0.15, -0.1) is 11.3 Å². The van der Waals surface area contributed by atoms with Crippen LogP contribution in [0.4, 0.5) is 5.13 Å². The first kappa shape index (κ1) is 20.8. The summed E-state index contributed by atoms with van der Waals surface area (Å²) in [6, 6.07) is 14.5. The Hall–Kier alpha value is -3.49. The fourth-order valence-electron chi connectivity index (χ4n) is 2.89. The molecule has 0 radical (unpaired) electrons. The van der Waals surface area contributed by atoms with Crippen molar-refractivity contribution >= 4 is 39.9 Å². The molecule has 0 aliphatic carbocycles. The summed E-state index contributed by atoms with van der Waals surface area (Å²) in [4.78, 5) is 35.8. The number of amides is 1. The number of carbonyl (C=O) groups excluding carboxylic acids is 2. The molecule has 0 aliphatic heterocycles. The Balaban J connectivity index is 1.68. The van der Waals surface area contributed by atoms with Crippen molar-refractivity contribution in [2.24, 2.45) is 0 Å².